The molecule has 31 heavy (non-hydrogen) atoms. The minimum Gasteiger partial charge on any atom is -0.252 e. The Kier molecular flexibility index (Phi) is 3.80. The molecule has 2 aliphatic carbocycles. The van der Waals surface area contributed by atoms with Gasteiger partial charge in [-0.1, -0.05) is 29.8 Å². The first-order valence-electron chi connectivity index (χ1n) is 11.1. The van der Waals surface area contributed by atoms with Crippen LogP contribution in [0, 0.1) is 27.7 Å². The van der Waals surface area contributed by atoms with Crippen molar-refractivity contribution < 1.29 is 4.57 Å². The van der Waals surface area contributed by atoms with Crippen LogP contribution in [-0.4, -0.2) is 4.98 Å². The third-order valence-electron chi connectivity index (χ3n) is 7.28. The van der Waals surface area contributed by atoms with Crippen molar-refractivity contribution in [2.75, 3.05) is 0 Å². The van der Waals surface area contributed by atoms with Crippen molar-refractivity contribution >= 4 is 0 Å². The number of rotatable bonds is 1. The maximum absolute atomic E-state index is 5.24. The van der Waals surface area contributed by atoms with Crippen LogP contribution < -0.4 is 4.57 Å². The lowest BCUT2D eigenvalue weighted by Crippen LogP contribution is -2.32. The smallest absolute Gasteiger partial charge is 0.216 e. The SMILES string of the molecule is Cc1cc(C)c(C)c(-c2c3c(cc[n+]2C)-c2nc4c(cc2C3)-c2c(C)cccc2C4)c1. The second kappa shape index (κ2) is 6.37. The summed E-state index contributed by atoms with van der Waals surface area (Å²) in [6.45, 7) is 8.88. The van der Waals surface area contributed by atoms with Gasteiger partial charge in [0.25, 0.3) is 0 Å². The molecule has 0 amide bonds. The third kappa shape index (κ3) is 2.57. The summed E-state index contributed by atoms with van der Waals surface area (Å²) in [5.74, 6) is 0. The molecule has 2 aromatic heterocycles. The summed E-state index contributed by atoms with van der Waals surface area (Å²) >= 11 is 0. The van der Waals surface area contributed by atoms with Crippen LogP contribution >= 0.6 is 0 Å². The first-order valence-corrected chi connectivity index (χ1v) is 11.1. The zero-order valence-corrected chi connectivity index (χ0v) is 18.9. The average Bonchev–Trinajstić information content (AvgIpc) is 3.27. The lowest BCUT2D eigenvalue weighted by molar-refractivity contribution is -0.660. The van der Waals surface area contributed by atoms with E-state index in [1.807, 2.05) is 0 Å². The van der Waals surface area contributed by atoms with Crippen LogP contribution in [0.1, 0.15) is 44.6 Å². The average molecular weight is 404 g/mol. The van der Waals surface area contributed by atoms with Crippen molar-refractivity contribution in [3.63, 3.8) is 0 Å². The fourth-order valence-electron chi connectivity index (χ4n) is 5.69. The van der Waals surface area contributed by atoms with E-state index in [9.17, 15) is 0 Å². The molecule has 4 aromatic rings. The molecule has 152 valence electrons. The summed E-state index contributed by atoms with van der Waals surface area (Å²) < 4.78 is 2.29. The van der Waals surface area contributed by atoms with Gasteiger partial charge in [-0.05, 0) is 73.2 Å². The molecule has 0 fully saturated rings. The number of aryl methyl sites for hydroxylation is 4. The van der Waals surface area contributed by atoms with Gasteiger partial charge in [-0.3, -0.25) is 4.98 Å². The van der Waals surface area contributed by atoms with Crippen molar-refractivity contribution in [1.82, 2.24) is 4.98 Å². The van der Waals surface area contributed by atoms with Crippen LogP contribution in [0.2, 0.25) is 0 Å². The summed E-state index contributed by atoms with van der Waals surface area (Å²) in [6.07, 6.45) is 4.09. The molecule has 2 aromatic carbocycles. The van der Waals surface area contributed by atoms with E-state index in [4.69, 9.17) is 4.98 Å². The van der Waals surface area contributed by atoms with Gasteiger partial charge in [-0.25, -0.2) is 4.57 Å². The van der Waals surface area contributed by atoms with Crippen LogP contribution in [-0.2, 0) is 19.9 Å². The minimum atomic E-state index is 0.943. The van der Waals surface area contributed by atoms with Crippen LogP contribution in [0.5, 0.6) is 0 Å². The van der Waals surface area contributed by atoms with E-state index in [-0.39, 0.29) is 0 Å². The van der Waals surface area contributed by atoms with E-state index in [0.29, 0.717) is 0 Å². The first kappa shape index (κ1) is 18.5. The standard InChI is InChI=1S/C29H27N2/c1-16-11-18(3)19(4)23(12-16)29-24-13-21-14-25-26(15-20-8-6-7-17(2)27(20)25)30-28(21)22(24)9-10-31(29)5/h6-12,14H,13,15H2,1-5H3/q+1. The molecule has 0 unspecified atom stereocenters. The lowest BCUT2D eigenvalue weighted by Gasteiger charge is -2.12. The van der Waals surface area contributed by atoms with E-state index in [1.54, 1.807) is 0 Å². The highest BCUT2D eigenvalue weighted by molar-refractivity contribution is 5.85. The number of aromatic nitrogens is 2. The fraction of sp³-hybridized carbons (Fsp3) is 0.241. The molecule has 2 heterocycles. The molecule has 0 saturated heterocycles. The van der Waals surface area contributed by atoms with Crippen molar-refractivity contribution in [3.8, 4) is 33.6 Å². The molecule has 0 spiro atoms. The third-order valence-corrected chi connectivity index (χ3v) is 7.28. The van der Waals surface area contributed by atoms with Gasteiger partial charge in [0.05, 0.1) is 11.4 Å². The highest BCUT2D eigenvalue weighted by Crippen LogP contribution is 2.45. The van der Waals surface area contributed by atoms with E-state index in [2.05, 4.69) is 88.0 Å². The molecular weight excluding hydrogens is 376 g/mol. The van der Waals surface area contributed by atoms with Crippen LogP contribution in [0.25, 0.3) is 33.6 Å². The Morgan fingerprint density at radius 3 is 2.48 bits per heavy atom. The molecule has 0 radical (unpaired) electrons. The van der Waals surface area contributed by atoms with E-state index < -0.39 is 0 Å². The maximum Gasteiger partial charge on any atom is 0.216 e. The van der Waals surface area contributed by atoms with Crippen LogP contribution in [0.4, 0.5) is 0 Å². The predicted molar refractivity (Wildman–Crippen MR) is 126 cm³/mol. The second-order valence-corrected chi connectivity index (χ2v) is 9.37. The van der Waals surface area contributed by atoms with Gasteiger partial charge in [0.15, 0.2) is 6.20 Å². The number of nitrogens with zero attached hydrogens (tertiary/aromatic N) is 2. The Labute approximate surface area is 184 Å². The van der Waals surface area contributed by atoms with Crippen molar-refractivity contribution in [2.45, 2.75) is 40.5 Å². The molecule has 6 rings (SSSR count). The molecule has 0 N–H and O–H groups in total. The summed E-state index contributed by atoms with van der Waals surface area (Å²) in [5, 5.41) is 0. The van der Waals surface area contributed by atoms with Gasteiger partial charge in [-0.15, -0.1) is 0 Å². The number of pyridine rings is 2. The van der Waals surface area contributed by atoms with Gasteiger partial charge in [0, 0.05) is 41.2 Å². The Bertz CT molecular complexity index is 1430. The van der Waals surface area contributed by atoms with Crippen LogP contribution in [0.15, 0.2) is 48.7 Å². The Hall–Kier alpha value is -3.26. The molecule has 2 heteroatoms. The largest absolute Gasteiger partial charge is 0.252 e. The molecule has 2 nitrogen and oxygen atoms in total. The topological polar surface area (TPSA) is 16.8 Å². The molecule has 2 aliphatic rings. The summed E-state index contributed by atoms with van der Waals surface area (Å²) in [6, 6.07) is 15.9. The summed E-state index contributed by atoms with van der Waals surface area (Å²) in [5.41, 5.74) is 18.7. The molecule has 0 aliphatic heterocycles. The first-order chi connectivity index (χ1) is 14.9. The van der Waals surface area contributed by atoms with Gasteiger partial charge in [0.2, 0.25) is 5.69 Å². The Morgan fingerprint density at radius 2 is 1.65 bits per heavy atom. The fourth-order valence-corrected chi connectivity index (χ4v) is 5.69. The molecule has 0 saturated carbocycles. The zero-order chi connectivity index (χ0) is 21.4. The van der Waals surface area contributed by atoms with Crippen LogP contribution in [0.3, 0.4) is 0 Å². The quantitative estimate of drug-likeness (QED) is 0.310. The number of fused-ring (bicyclic) bond motifs is 6. The normalized spacial score (nSPS) is 13.1. The van der Waals surface area contributed by atoms with E-state index >= 15 is 0 Å². The van der Waals surface area contributed by atoms with Crippen molar-refractivity contribution in [1.29, 1.82) is 0 Å². The molecular formula is C29H27N2+. The maximum atomic E-state index is 5.24. The zero-order valence-electron chi connectivity index (χ0n) is 18.9. The highest BCUT2D eigenvalue weighted by Gasteiger charge is 2.32. The summed E-state index contributed by atoms with van der Waals surface area (Å²) in [4.78, 5) is 5.24. The van der Waals surface area contributed by atoms with Crippen molar-refractivity contribution in [2.24, 2.45) is 7.05 Å². The second-order valence-electron chi connectivity index (χ2n) is 9.37. The number of benzene rings is 2. The van der Waals surface area contributed by atoms with Gasteiger partial charge >= 0.3 is 0 Å². The highest BCUT2D eigenvalue weighted by atomic mass is 14.9. The Morgan fingerprint density at radius 1 is 0.806 bits per heavy atom. The van der Waals surface area contributed by atoms with E-state index in [1.165, 1.54) is 78.3 Å². The Balaban J connectivity index is 1.56. The van der Waals surface area contributed by atoms with Crippen molar-refractivity contribution in [3.05, 3.63) is 93.3 Å². The van der Waals surface area contributed by atoms with E-state index in [0.717, 1.165) is 12.8 Å². The predicted octanol–water partition coefficient (Wildman–Crippen LogP) is 5.95. The number of hydrogen-bond acceptors (Lipinski definition) is 1. The number of hydrogen-bond donors (Lipinski definition) is 0. The van der Waals surface area contributed by atoms with Gasteiger partial charge < -0.3 is 0 Å². The molecule has 0 atom stereocenters. The summed E-state index contributed by atoms with van der Waals surface area (Å²) in [7, 11) is 2.17. The van der Waals surface area contributed by atoms with Gasteiger partial charge in [0.1, 0.15) is 7.05 Å². The molecule has 0 bridgehead atoms. The monoisotopic (exact) mass is 403 g/mol. The lowest BCUT2D eigenvalue weighted by atomic mass is 9.93. The minimum absolute atomic E-state index is 0.943. The van der Waals surface area contributed by atoms with Gasteiger partial charge in [-0.2, -0.15) is 0 Å².